The van der Waals surface area contributed by atoms with Gasteiger partial charge in [0.1, 0.15) is 0 Å². The van der Waals surface area contributed by atoms with E-state index in [2.05, 4.69) is 17.3 Å². The van der Waals surface area contributed by atoms with Gasteiger partial charge in [0.2, 0.25) is 0 Å². The summed E-state index contributed by atoms with van der Waals surface area (Å²) < 4.78 is 0. The molecule has 2 heteroatoms. The number of hydrogen-bond donors (Lipinski definition) is 1. The molecule has 2 fully saturated rings. The first-order valence-corrected chi connectivity index (χ1v) is 7.33. The molecule has 0 aromatic carbocycles. The minimum atomic E-state index is 0.758. The Balaban J connectivity index is 1.90. The van der Waals surface area contributed by atoms with Gasteiger partial charge in [-0.3, -0.25) is 4.90 Å². The van der Waals surface area contributed by atoms with Crippen molar-refractivity contribution in [3.63, 3.8) is 0 Å². The summed E-state index contributed by atoms with van der Waals surface area (Å²) in [5.41, 5.74) is 0. The summed E-state index contributed by atoms with van der Waals surface area (Å²) in [6.45, 7) is 2.70. The molecule has 1 aliphatic carbocycles. The normalized spacial score (nSPS) is 34.3. The standard InChI is InChI=1S/C14H28N2/c1-15-13-9-5-6-10-14(13)16-11-7-3-2-4-8-12-16/h13-15H,2-12H2,1H3. The minimum absolute atomic E-state index is 0.758. The van der Waals surface area contributed by atoms with Gasteiger partial charge in [-0.2, -0.15) is 0 Å². The third kappa shape index (κ3) is 3.21. The van der Waals surface area contributed by atoms with E-state index in [1.807, 2.05) is 0 Å². The summed E-state index contributed by atoms with van der Waals surface area (Å²) in [6.07, 6.45) is 12.9. The molecule has 2 nitrogen and oxygen atoms in total. The molecular formula is C14H28N2. The van der Waals surface area contributed by atoms with E-state index in [0.29, 0.717) is 0 Å². The first kappa shape index (κ1) is 12.4. The summed E-state index contributed by atoms with van der Waals surface area (Å²) in [4.78, 5) is 2.79. The zero-order valence-electron chi connectivity index (χ0n) is 10.9. The molecule has 0 radical (unpaired) electrons. The summed E-state index contributed by atoms with van der Waals surface area (Å²) >= 11 is 0. The average molecular weight is 224 g/mol. The number of likely N-dealkylation sites (tertiary alicyclic amines) is 1. The molecule has 0 spiro atoms. The second-order valence-electron chi connectivity index (χ2n) is 5.55. The molecule has 1 aliphatic heterocycles. The van der Waals surface area contributed by atoms with Crippen molar-refractivity contribution >= 4 is 0 Å². The van der Waals surface area contributed by atoms with Crippen molar-refractivity contribution in [1.29, 1.82) is 0 Å². The van der Waals surface area contributed by atoms with Crippen molar-refractivity contribution in [3.8, 4) is 0 Å². The van der Waals surface area contributed by atoms with Gasteiger partial charge in [0.05, 0.1) is 0 Å². The molecule has 1 saturated heterocycles. The fourth-order valence-electron chi connectivity index (χ4n) is 3.49. The maximum Gasteiger partial charge on any atom is 0.0249 e. The van der Waals surface area contributed by atoms with Crippen LogP contribution in [0.2, 0.25) is 0 Å². The van der Waals surface area contributed by atoms with E-state index in [4.69, 9.17) is 0 Å². The zero-order valence-corrected chi connectivity index (χ0v) is 10.9. The van der Waals surface area contributed by atoms with Crippen molar-refractivity contribution in [2.45, 2.75) is 69.9 Å². The molecule has 0 amide bonds. The van der Waals surface area contributed by atoms with E-state index in [1.54, 1.807) is 0 Å². The van der Waals surface area contributed by atoms with E-state index in [-0.39, 0.29) is 0 Å². The van der Waals surface area contributed by atoms with Gasteiger partial charge in [-0.05, 0) is 45.8 Å². The lowest BCUT2D eigenvalue weighted by molar-refractivity contribution is 0.115. The number of hydrogen-bond acceptors (Lipinski definition) is 2. The number of rotatable bonds is 2. The number of nitrogens with one attached hydrogen (secondary N) is 1. The van der Waals surface area contributed by atoms with E-state index in [1.165, 1.54) is 70.9 Å². The smallest absolute Gasteiger partial charge is 0.0249 e. The highest BCUT2D eigenvalue weighted by Crippen LogP contribution is 2.25. The Labute approximate surface area is 101 Å². The van der Waals surface area contributed by atoms with Crippen LogP contribution >= 0.6 is 0 Å². The maximum atomic E-state index is 3.55. The van der Waals surface area contributed by atoms with Crippen LogP contribution in [0.25, 0.3) is 0 Å². The van der Waals surface area contributed by atoms with Crippen molar-refractivity contribution in [2.75, 3.05) is 20.1 Å². The summed E-state index contributed by atoms with van der Waals surface area (Å²) in [7, 11) is 2.15. The molecule has 2 unspecified atom stereocenters. The first-order valence-electron chi connectivity index (χ1n) is 7.33. The van der Waals surface area contributed by atoms with Crippen LogP contribution in [0.1, 0.15) is 57.8 Å². The Bertz CT molecular complexity index is 185. The monoisotopic (exact) mass is 224 g/mol. The van der Waals surface area contributed by atoms with Gasteiger partial charge >= 0.3 is 0 Å². The number of likely N-dealkylation sites (N-methyl/N-ethyl adjacent to an activating group) is 1. The molecule has 94 valence electrons. The molecule has 1 saturated carbocycles. The van der Waals surface area contributed by atoms with Crippen LogP contribution in [0, 0.1) is 0 Å². The van der Waals surface area contributed by atoms with Crippen molar-refractivity contribution in [1.82, 2.24) is 10.2 Å². The van der Waals surface area contributed by atoms with Crippen molar-refractivity contribution < 1.29 is 0 Å². The van der Waals surface area contributed by atoms with Crippen LogP contribution in [-0.2, 0) is 0 Å². The average Bonchev–Trinajstić information content (AvgIpc) is 2.29. The molecule has 0 aromatic rings. The van der Waals surface area contributed by atoms with Gasteiger partial charge in [-0.1, -0.05) is 32.1 Å². The highest BCUT2D eigenvalue weighted by Gasteiger charge is 2.28. The van der Waals surface area contributed by atoms with Crippen LogP contribution in [0.3, 0.4) is 0 Å². The molecule has 0 bridgehead atoms. The van der Waals surface area contributed by atoms with Gasteiger partial charge in [-0.15, -0.1) is 0 Å². The van der Waals surface area contributed by atoms with Crippen LogP contribution in [0.4, 0.5) is 0 Å². The van der Waals surface area contributed by atoms with Gasteiger partial charge in [0.15, 0.2) is 0 Å². The Morgan fingerprint density at radius 1 is 0.812 bits per heavy atom. The summed E-state index contributed by atoms with van der Waals surface area (Å²) in [6, 6.07) is 1.59. The largest absolute Gasteiger partial charge is 0.315 e. The molecule has 2 aliphatic rings. The SMILES string of the molecule is CNC1CCCCC1N1CCCCCCC1. The summed E-state index contributed by atoms with van der Waals surface area (Å²) in [5, 5.41) is 3.55. The molecule has 1 heterocycles. The Morgan fingerprint density at radius 3 is 2.12 bits per heavy atom. The van der Waals surface area contributed by atoms with Crippen molar-refractivity contribution in [2.24, 2.45) is 0 Å². The summed E-state index contributed by atoms with van der Waals surface area (Å²) in [5.74, 6) is 0. The third-order valence-corrected chi connectivity index (χ3v) is 4.46. The lowest BCUT2D eigenvalue weighted by Crippen LogP contribution is -2.51. The fourth-order valence-corrected chi connectivity index (χ4v) is 3.49. The second-order valence-corrected chi connectivity index (χ2v) is 5.55. The molecule has 0 aromatic heterocycles. The molecular weight excluding hydrogens is 196 g/mol. The fraction of sp³-hybridized carbons (Fsp3) is 1.00. The van der Waals surface area contributed by atoms with E-state index in [0.717, 1.165) is 12.1 Å². The second kappa shape index (κ2) is 6.61. The Morgan fingerprint density at radius 2 is 1.44 bits per heavy atom. The van der Waals surface area contributed by atoms with Crippen LogP contribution < -0.4 is 5.32 Å². The van der Waals surface area contributed by atoms with Crippen LogP contribution in [-0.4, -0.2) is 37.1 Å². The van der Waals surface area contributed by atoms with Gasteiger partial charge in [0, 0.05) is 12.1 Å². The molecule has 1 N–H and O–H groups in total. The predicted octanol–water partition coefficient (Wildman–Crippen LogP) is 2.78. The van der Waals surface area contributed by atoms with Gasteiger partial charge in [0.25, 0.3) is 0 Å². The highest BCUT2D eigenvalue weighted by molar-refractivity contribution is 4.87. The van der Waals surface area contributed by atoms with Crippen molar-refractivity contribution in [3.05, 3.63) is 0 Å². The lowest BCUT2D eigenvalue weighted by Gasteiger charge is -2.40. The predicted molar refractivity (Wildman–Crippen MR) is 69.8 cm³/mol. The number of nitrogens with zero attached hydrogens (tertiary/aromatic N) is 1. The highest BCUT2D eigenvalue weighted by atomic mass is 15.2. The van der Waals surface area contributed by atoms with E-state index in [9.17, 15) is 0 Å². The first-order chi connectivity index (χ1) is 7.92. The third-order valence-electron chi connectivity index (χ3n) is 4.46. The lowest BCUT2D eigenvalue weighted by atomic mass is 9.88. The topological polar surface area (TPSA) is 15.3 Å². The zero-order chi connectivity index (χ0) is 11.2. The Kier molecular flexibility index (Phi) is 5.11. The van der Waals surface area contributed by atoms with Gasteiger partial charge in [-0.25, -0.2) is 0 Å². The van der Waals surface area contributed by atoms with Crippen LogP contribution in [0.5, 0.6) is 0 Å². The van der Waals surface area contributed by atoms with E-state index >= 15 is 0 Å². The quantitative estimate of drug-likeness (QED) is 0.776. The van der Waals surface area contributed by atoms with Gasteiger partial charge < -0.3 is 5.32 Å². The van der Waals surface area contributed by atoms with Crippen LogP contribution in [0.15, 0.2) is 0 Å². The minimum Gasteiger partial charge on any atom is -0.315 e. The molecule has 2 rings (SSSR count). The maximum absolute atomic E-state index is 3.55. The van der Waals surface area contributed by atoms with E-state index < -0.39 is 0 Å². The molecule has 16 heavy (non-hydrogen) atoms. The Hall–Kier alpha value is -0.0800. The molecule has 2 atom stereocenters.